The quantitative estimate of drug-likeness (QED) is 0.481. The van der Waals surface area contributed by atoms with Crippen molar-refractivity contribution in [3.63, 3.8) is 0 Å². The highest BCUT2D eigenvalue weighted by Gasteiger charge is 2.68. The van der Waals surface area contributed by atoms with Gasteiger partial charge in [0, 0.05) is 18.8 Å². The van der Waals surface area contributed by atoms with Crippen LogP contribution in [0, 0.1) is 5.41 Å². The van der Waals surface area contributed by atoms with E-state index in [1.807, 2.05) is 34.6 Å². The van der Waals surface area contributed by atoms with Gasteiger partial charge in [-0.15, -0.1) is 0 Å². The number of ether oxygens (including phenoxy) is 3. The average molecular weight is 429 g/mol. The summed E-state index contributed by atoms with van der Waals surface area (Å²) in [5, 5.41) is -0.0138. The first kappa shape index (κ1) is 24.3. The second kappa shape index (κ2) is 7.34. The van der Waals surface area contributed by atoms with E-state index < -0.39 is 43.1 Å². The Hall–Kier alpha value is -0.923. The van der Waals surface area contributed by atoms with Crippen molar-refractivity contribution in [2.24, 2.45) is 5.41 Å². The topological polar surface area (TPSA) is 71.1 Å². The van der Waals surface area contributed by atoms with Crippen LogP contribution in [0.15, 0.2) is 0 Å². The summed E-state index contributed by atoms with van der Waals surface area (Å²) in [5.41, 5.74) is -2.15. The smallest absolute Gasteiger partial charge is 0.307 e. The van der Waals surface area contributed by atoms with Gasteiger partial charge in [0.05, 0.1) is 24.2 Å². The minimum atomic E-state index is -2.19. The maximum atomic E-state index is 12.7. The first-order chi connectivity index (χ1) is 12.8. The highest BCUT2D eigenvalue weighted by Crippen LogP contribution is 2.55. The number of fused-ring (bicyclic) bond motifs is 2. The third-order valence-electron chi connectivity index (χ3n) is 6.80. The van der Waals surface area contributed by atoms with Crippen LogP contribution in [0.2, 0.25) is 18.1 Å². The van der Waals surface area contributed by atoms with E-state index >= 15 is 0 Å². The van der Waals surface area contributed by atoms with Crippen LogP contribution in [0.25, 0.3) is 0 Å². The first-order valence-corrected chi connectivity index (χ1v) is 13.5. The second-order valence-corrected chi connectivity index (χ2v) is 16.4. The van der Waals surface area contributed by atoms with Crippen molar-refractivity contribution >= 4 is 20.3 Å². The van der Waals surface area contributed by atoms with Crippen molar-refractivity contribution in [2.75, 3.05) is 0 Å². The first-order valence-electron chi connectivity index (χ1n) is 10.6. The third-order valence-corrected chi connectivity index (χ3v) is 11.3. The van der Waals surface area contributed by atoms with Crippen LogP contribution < -0.4 is 0 Å². The third kappa shape index (κ3) is 4.72. The lowest BCUT2D eigenvalue weighted by atomic mass is 9.60. The molecule has 2 aliphatic rings. The van der Waals surface area contributed by atoms with E-state index in [2.05, 4.69) is 33.9 Å². The summed E-state index contributed by atoms with van der Waals surface area (Å²) in [6, 6.07) is 0. The van der Waals surface area contributed by atoms with E-state index in [1.54, 1.807) is 0 Å². The molecule has 168 valence electrons. The maximum absolute atomic E-state index is 12.7. The van der Waals surface area contributed by atoms with Gasteiger partial charge >= 0.3 is 11.9 Å². The summed E-state index contributed by atoms with van der Waals surface area (Å²) in [6.07, 6.45) is -0.628. The molecule has 0 aromatic heterocycles. The molecule has 7 heteroatoms. The number of hydrogen-bond donors (Lipinski definition) is 0. The summed E-state index contributed by atoms with van der Waals surface area (Å²) in [7, 11) is -2.19. The second-order valence-electron chi connectivity index (χ2n) is 11.7. The van der Waals surface area contributed by atoms with Crippen LogP contribution in [0.3, 0.4) is 0 Å². The minimum Gasteiger partial charge on any atom is -0.457 e. The zero-order valence-corrected chi connectivity index (χ0v) is 21.1. The molecule has 0 N–H and O–H groups in total. The van der Waals surface area contributed by atoms with Crippen LogP contribution in [0.4, 0.5) is 0 Å². The van der Waals surface area contributed by atoms with E-state index in [0.717, 1.165) is 0 Å². The van der Waals surface area contributed by atoms with Crippen molar-refractivity contribution in [3.8, 4) is 0 Å². The van der Waals surface area contributed by atoms with Gasteiger partial charge in [0.2, 0.25) is 0 Å². The number of esters is 2. The molecule has 0 aromatic rings. The molecule has 1 aliphatic carbocycles. The maximum Gasteiger partial charge on any atom is 0.307 e. The highest BCUT2D eigenvalue weighted by atomic mass is 28.4. The molecule has 0 radical (unpaired) electrons. The normalized spacial score (nSPS) is 35.8. The Bertz CT molecular complexity index is 661. The van der Waals surface area contributed by atoms with E-state index in [-0.39, 0.29) is 23.5 Å². The van der Waals surface area contributed by atoms with Gasteiger partial charge in [-0.25, -0.2) is 0 Å². The Morgan fingerprint density at radius 3 is 2.10 bits per heavy atom. The molecular formula is C22H40O6Si. The fourth-order valence-corrected chi connectivity index (χ4v) is 5.73. The summed E-state index contributed by atoms with van der Waals surface area (Å²) in [5.74, 6) is -0.697. The van der Waals surface area contributed by atoms with Crippen molar-refractivity contribution < 1.29 is 28.2 Å². The number of hydrogen-bond acceptors (Lipinski definition) is 6. The zero-order valence-electron chi connectivity index (χ0n) is 20.1. The Morgan fingerprint density at radius 2 is 1.66 bits per heavy atom. The number of carbonyl (C=O) groups excluding carboxylic acids is 2. The van der Waals surface area contributed by atoms with Crippen LogP contribution >= 0.6 is 0 Å². The van der Waals surface area contributed by atoms with Gasteiger partial charge in [-0.1, -0.05) is 27.7 Å². The van der Waals surface area contributed by atoms with Crippen LogP contribution in [-0.4, -0.2) is 49.8 Å². The number of carbonyl (C=O) groups is 2. The molecule has 1 aliphatic heterocycles. The predicted molar refractivity (Wildman–Crippen MR) is 114 cm³/mol. The van der Waals surface area contributed by atoms with Crippen molar-refractivity contribution in [2.45, 2.75) is 123 Å². The van der Waals surface area contributed by atoms with Crippen LogP contribution in [0.1, 0.15) is 75.2 Å². The van der Waals surface area contributed by atoms with Gasteiger partial charge in [-0.05, 0) is 45.8 Å². The summed E-state index contributed by atoms with van der Waals surface area (Å²) in [4.78, 5) is 24.7. The van der Waals surface area contributed by atoms with E-state index in [0.29, 0.717) is 6.42 Å². The summed E-state index contributed by atoms with van der Waals surface area (Å²) >= 11 is 0. The minimum absolute atomic E-state index is 0.0138. The molecule has 2 bridgehead atoms. The van der Waals surface area contributed by atoms with E-state index in [4.69, 9.17) is 18.6 Å². The van der Waals surface area contributed by atoms with Crippen molar-refractivity contribution in [1.82, 2.24) is 0 Å². The molecule has 0 aromatic carbocycles. The lowest BCUT2D eigenvalue weighted by molar-refractivity contribution is -0.290. The SMILES string of the molecule is CC(=O)O[C@H]1[C@]2(C)CC(=O)O[C@@]1(C)[C@@H](O[Si](C)(C)C(C)(C)C)C[C@@H]2OC(C)(C)C. The monoisotopic (exact) mass is 428 g/mol. The predicted octanol–water partition coefficient (Wildman–Crippen LogP) is 4.61. The molecule has 6 nitrogen and oxygen atoms in total. The highest BCUT2D eigenvalue weighted by molar-refractivity contribution is 6.74. The lowest BCUT2D eigenvalue weighted by Gasteiger charge is -2.61. The molecule has 2 rings (SSSR count). The number of rotatable bonds is 4. The van der Waals surface area contributed by atoms with E-state index in [1.165, 1.54) is 6.92 Å². The molecule has 1 saturated heterocycles. The van der Waals surface area contributed by atoms with Gasteiger partial charge in [0.1, 0.15) is 0 Å². The molecule has 29 heavy (non-hydrogen) atoms. The van der Waals surface area contributed by atoms with Gasteiger partial charge in [-0.3, -0.25) is 9.59 Å². The molecule has 0 amide bonds. The standard InChI is InChI=1S/C22H40O6Si/c1-14(23)25-18-21(8)13-17(24)27-22(18,9)16(12-15(21)26-19(2,3)4)28-29(10,11)20(5,6)7/h15-16,18H,12-13H2,1-11H3/t15-,16-,18-,21+,22-/m0/s1. The Balaban J connectivity index is 2.56. The summed E-state index contributed by atoms with van der Waals surface area (Å²) < 4.78 is 24.9. The molecule has 5 atom stereocenters. The molecule has 0 spiro atoms. The van der Waals surface area contributed by atoms with Gasteiger partial charge in [-0.2, -0.15) is 0 Å². The van der Waals surface area contributed by atoms with E-state index in [9.17, 15) is 9.59 Å². The Labute approximate surface area is 177 Å². The fraction of sp³-hybridized carbons (Fsp3) is 0.909. The Kier molecular flexibility index (Phi) is 6.16. The molecule has 0 unspecified atom stereocenters. The average Bonchev–Trinajstić information content (AvgIpc) is 2.45. The lowest BCUT2D eigenvalue weighted by Crippen LogP contribution is -2.73. The molecular weight excluding hydrogens is 388 g/mol. The van der Waals surface area contributed by atoms with Crippen LogP contribution in [0.5, 0.6) is 0 Å². The Morgan fingerprint density at radius 1 is 1.10 bits per heavy atom. The van der Waals surface area contributed by atoms with Gasteiger partial charge in [0.25, 0.3) is 0 Å². The molecule has 2 fully saturated rings. The zero-order chi connectivity index (χ0) is 22.6. The largest absolute Gasteiger partial charge is 0.457 e. The van der Waals surface area contributed by atoms with Gasteiger partial charge < -0.3 is 18.6 Å². The van der Waals surface area contributed by atoms with Crippen LogP contribution in [-0.2, 0) is 28.2 Å². The molecule has 1 heterocycles. The van der Waals surface area contributed by atoms with Gasteiger partial charge in [0.15, 0.2) is 20.0 Å². The molecule has 1 saturated carbocycles. The summed E-state index contributed by atoms with van der Waals surface area (Å²) in [6.45, 7) is 22.1. The fourth-order valence-electron chi connectivity index (χ4n) is 4.33. The van der Waals surface area contributed by atoms with Crippen molar-refractivity contribution in [3.05, 3.63) is 0 Å². The van der Waals surface area contributed by atoms with Crippen molar-refractivity contribution in [1.29, 1.82) is 0 Å².